The highest BCUT2D eigenvalue weighted by Gasteiger charge is 2.23. The first-order valence-electron chi connectivity index (χ1n) is 31.7. The number of likely N-dealkylation sites (N-methyl/N-ethyl adjacent to an activating group) is 1. The van der Waals surface area contributed by atoms with Gasteiger partial charge in [-0.25, -0.2) is 0 Å². The maximum atomic E-state index is 13.0. The quantitative estimate of drug-likeness (QED) is 0.0272. The minimum Gasteiger partial charge on any atom is -0.756 e. The fourth-order valence-electron chi connectivity index (χ4n) is 9.22. The van der Waals surface area contributed by atoms with E-state index < -0.39 is 26.6 Å². The maximum Gasteiger partial charge on any atom is 0.268 e. The van der Waals surface area contributed by atoms with Gasteiger partial charge in [0.25, 0.3) is 7.82 Å². The van der Waals surface area contributed by atoms with Gasteiger partial charge in [-0.2, -0.15) is 0 Å². The summed E-state index contributed by atoms with van der Waals surface area (Å²) >= 11 is 0. The molecule has 0 aliphatic heterocycles. The Morgan fingerprint density at radius 2 is 0.797 bits per heavy atom. The summed E-state index contributed by atoms with van der Waals surface area (Å²) in [5.74, 6) is -0.208. The van der Waals surface area contributed by atoms with E-state index in [2.05, 4.69) is 67.8 Å². The first-order chi connectivity index (χ1) is 36.0. The van der Waals surface area contributed by atoms with Gasteiger partial charge in [-0.3, -0.25) is 9.36 Å². The molecule has 0 heterocycles. The van der Waals surface area contributed by atoms with E-state index in [1.54, 1.807) is 6.08 Å². The normalized spacial score (nSPS) is 14.2. The molecule has 74 heavy (non-hydrogen) atoms. The van der Waals surface area contributed by atoms with Crippen LogP contribution < -0.4 is 10.2 Å². The lowest BCUT2D eigenvalue weighted by Gasteiger charge is -2.29. The number of nitrogens with one attached hydrogen (secondary N) is 1. The molecule has 434 valence electrons. The number of amides is 1. The van der Waals surface area contributed by atoms with Gasteiger partial charge in [-0.05, 0) is 77.0 Å². The molecule has 2 N–H and O–H groups in total. The molecule has 9 heteroatoms. The lowest BCUT2D eigenvalue weighted by Crippen LogP contribution is -2.45. The number of phosphoric ester groups is 1. The highest BCUT2D eigenvalue weighted by molar-refractivity contribution is 7.45. The van der Waals surface area contributed by atoms with Gasteiger partial charge in [-0.15, -0.1) is 0 Å². The molecule has 8 nitrogen and oxygen atoms in total. The lowest BCUT2D eigenvalue weighted by molar-refractivity contribution is -0.870. The first-order valence-corrected chi connectivity index (χ1v) is 33.1. The molecular weight excluding hydrogens is 936 g/mol. The third-order valence-electron chi connectivity index (χ3n) is 14.2. The molecule has 0 aliphatic carbocycles. The van der Waals surface area contributed by atoms with Crippen molar-refractivity contribution >= 4 is 13.7 Å². The number of hydrogen-bond donors (Lipinski definition) is 2. The molecule has 0 fully saturated rings. The number of unbranched alkanes of at least 4 members (excludes halogenated alkanes) is 37. The third-order valence-corrected chi connectivity index (χ3v) is 15.1. The molecule has 0 aromatic carbocycles. The van der Waals surface area contributed by atoms with Crippen LogP contribution in [0.1, 0.15) is 296 Å². The largest absolute Gasteiger partial charge is 0.756 e. The molecule has 0 saturated heterocycles. The Balaban J connectivity index is 4.14. The average Bonchev–Trinajstić information content (AvgIpc) is 3.36. The Bertz CT molecular complexity index is 1390. The van der Waals surface area contributed by atoms with E-state index >= 15 is 0 Å². The van der Waals surface area contributed by atoms with Crippen molar-refractivity contribution in [2.24, 2.45) is 0 Å². The molecule has 3 atom stereocenters. The fraction of sp³-hybridized carbons (Fsp3) is 0.831. The molecule has 0 spiro atoms. The number of hydrogen-bond acceptors (Lipinski definition) is 6. The first kappa shape index (κ1) is 72.2. The van der Waals surface area contributed by atoms with Gasteiger partial charge < -0.3 is 28.8 Å². The number of aliphatic hydroxyl groups is 1. The van der Waals surface area contributed by atoms with Crippen LogP contribution in [0.15, 0.2) is 60.8 Å². The van der Waals surface area contributed by atoms with Crippen molar-refractivity contribution in [1.29, 1.82) is 0 Å². The summed E-state index contributed by atoms with van der Waals surface area (Å²) in [7, 11) is 1.24. The Hall–Kier alpha value is -1.80. The van der Waals surface area contributed by atoms with Crippen molar-refractivity contribution in [2.45, 2.75) is 309 Å². The van der Waals surface area contributed by atoms with E-state index in [9.17, 15) is 19.4 Å². The van der Waals surface area contributed by atoms with E-state index in [0.717, 1.165) is 51.4 Å². The van der Waals surface area contributed by atoms with Gasteiger partial charge in [0.05, 0.1) is 39.9 Å². The molecule has 3 unspecified atom stereocenters. The van der Waals surface area contributed by atoms with Crippen LogP contribution in [0.5, 0.6) is 0 Å². The summed E-state index contributed by atoms with van der Waals surface area (Å²) in [5.41, 5.74) is 0. The van der Waals surface area contributed by atoms with Crippen LogP contribution in [0.4, 0.5) is 0 Å². The monoisotopic (exact) mass is 1060 g/mol. The molecular formula is C65H123N2O6P. The lowest BCUT2D eigenvalue weighted by atomic mass is 10.0. The number of aliphatic hydroxyl groups excluding tert-OH is 1. The summed E-state index contributed by atoms with van der Waals surface area (Å²) < 4.78 is 23.4. The van der Waals surface area contributed by atoms with Crippen molar-refractivity contribution in [3.05, 3.63) is 60.8 Å². The highest BCUT2D eigenvalue weighted by Crippen LogP contribution is 2.38. The highest BCUT2D eigenvalue weighted by atomic mass is 31.2. The number of rotatable bonds is 58. The summed E-state index contributed by atoms with van der Waals surface area (Å²) in [5, 5.41) is 13.9. The van der Waals surface area contributed by atoms with Crippen molar-refractivity contribution < 1.29 is 32.9 Å². The fourth-order valence-corrected chi connectivity index (χ4v) is 9.94. The Morgan fingerprint density at radius 3 is 1.18 bits per heavy atom. The second-order valence-electron chi connectivity index (χ2n) is 22.7. The summed E-state index contributed by atoms with van der Waals surface area (Å²) in [6.45, 7) is 4.64. The molecule has 0 rings (SSSR count). The summed E-state index contributed by atoms with van der Waals surface area (Å²) in [6, 6.07) is -0.911. The van der Waals surface area contributed by atoms with Crippen molar-refractivity contribution in [1.82, 2.24) is 5.32 Å². The van der Waals surface area contributed by atoms with Crippen LogP contribution in [0, 0.1) is 0 Å². The average molecular weight is 1060 g/mol. The predicted octanol–water partition coefficient (Wildman–Crippen LogP) is 19.0. The van der Waals surface area contributed by atoms with Crippen LogP contribution in [-0.2, 0) is 18.4 Å². The van der Waals surface area contributed by atoms with Crippen LogP contribution in [0.3, 0.4) is 0 Å². The standard InChI is InChI=1S/C65H123N2O6P/c1-6-8-10-12-14-16-18-20-22-24-26-28-29-30-31-32-33-34-35-36-37-39-41-43-45-47-49-51-53-55-57-59-65(69)66-63(62-73-74(70,71)72-61-60-67(3,4)5)64(68)58-56-54-52-50-48-46-44-42-40-38-27-25-23-21-19-17-15-13-11-9-7-2/h18,20,24,26,40,42,48,50,56,58,63-64,68H,6-17,19,21-23,25,27-39,41,43-47,49,51-55,57,59-62H2,1-5H3,(H-,66,69,70,71)/b20-18-,26-24-,42-40+,50-48+,58-56+. The minimum atomic E-state index is -4.61. The van der Waals surface area contributed by atoms with Gasteiger partial charge in [0.15, 0.2) is 0 Å². The van der Waals surface area contributed by atoms with E-state index in [1.165, 1.54) is 225 Å². The van der Waals surface area contributed by atoms with E-state index in [1.807, 2.05) is 27.2 Å². The van der Waals surface area contributed by atoms with Gasteiger partial charge in [-0.1, -0.05) is 274 Å². The maximum absolute atomic E-state index is 13.0. The number of nitrogens with zero attached hydrogens (tertiary/aromatic N) is 1. The van der Waals surface area contributed by atoms with Gasteiger partial charge >= 0.3 is 0 Å². The Labute approximate surface area is 460 Å². The van der Waals surface area contributed by atoms with Crippen LogP contribution in [-0.4, -0.2) is 68.5 Å². The van der Waals surface area contributed by atoms with Crippen molar-refractivity contribution in [3.63, 3.8) is 0 Å². The smallest absolute Gasteiger partial charge is 0.268 e. The van der Waals surface area contributed by atoms with Crippen molar-refractivity contribution in [2.75, 3.05) is 40.9 Å². The molecule has 0 radical (unpaired) electrons. The summed E-state index contributed by atoms with van der Waals surface area (Å²) in [6.07, 6.45) is 76.1. The summed E-state index contributed by atoms with van der Waals surface area (Å²) in [4.78, 5) is 25.5. The molecule has 0 bridgehead atoms. The van der Waals surface area contributed by atoms with Crippen molar-refractivity contribution in [3.8, 4) is 0 Å². The van der Waals surface area contributed by atoms with Crippen LogP contribution in [0.2, 0.25) is 0 Å². The van der Waals surface area contributed by atoms with E-state index in [-0.39, 0.29) is 12.5 Å². The Morgan fingerprint density at radius 1 is 0.473 bits per heavy atom. The number of quaternary nitrogens is 1. The number of carbonyl (C=O) groups is 1. The third kappa shape index (κ3) is 57.9. The zero-order valence-electron chi connectivity index (χ0n) is 49.5. The molecule has 0 aromatic heterocycles. The Kier molecular flexibility index (Phi) is 54.6. The van der Waals surface area contributed by atoms with Gasteiger partial charge in [0, 0.05) is 6.42 Å². The van der Waals surface area contributed by atoms with E-state index in [4.69, 9.17) is 9.05 Å². The van der Waals surface area contributed by atoms with Crippen LogP contribution in [0.25, 0.3) is 0 Å². The molecule has 1 amide bonds. The molecule has 0 aromatic rings. The van der Waals surface area contributed by atoms with Gasteiger partial charge in [0.1, 0.15) is 13.2 Å². The molecule has 0 aliphatic rings. The number of allylic oxidation sites excluding steroid dienone is 9. The second-order valence-corrected chi connectivity index (χ2v) is 24.2. The second kappa shape index (κ2) is 55.9. The predicted molar refractivity (Wildman–Crippen MR) is 321 cm³/mol. The van der Waals surface area contributed by atoms with E-state index in [0.29, 0.717) is 17.4 Å². The van der Waals surface area contributed by atoms with Crippen LogP contribution >= 0.6 is 7.82 Å². The SMILES string of the molecule is CCCCCCC/C=C\C/C=C\CCCCCCCCCCCCCCCCCCCCCC(=O)NC(COP(=O)([O-])OCC[N+](C)(C)C)C(O)/C=C/CC/C=C/CC/C=C/CCCCCCCCCCCCC. The number of carbonyl (C=O) groups excluding carboxylic acids is 1. The van der Waals surface area contributed by atoms with Gasteiger partial charge in [0.2, 0.25) is 5.91 Å². The topological polar surface area (TPSA) is 108 Å². The zero-order valence-corrected chi connectivity index (χ0v) is 50.4. The zero-order chi connectivity index (χ0) is 54.2. The number of phosphoric acid groups is 1. The molecule has 0 saturated carbocycles. The minimum absolute atomic E-state index is 0.00920.